The molecule has 0 radical (unpaired) electrons. The van der Waals surface area contributed by atoms with Crippen LogP contribution in [0.4, 0.5) is 4.79 Å². The van der Waals surface area contributed by atoms with Crippen LogP contribution >= 0.6 is 0 Å². The molecule has 0 aliphatic rings. The van der Waals surface area contributed by atoms with E-state index >= 15 is 0 Å². The van der Waals surface area contributed by atoms with Crippen molar-refractivity contribution in [3.05, 3.63) is 70.8 Å². The Bertz CT molecular complexity index is 1140. The molecule has 43 heavy (non-hydrogen) atoms. The van der Waals surface area contributed by atoms with Crippen LogP contribution in [0.3, 0.4) is 0 Å². The van der Waals surface area contributed by atoms with Crippen LogP contribution in [0.15, 0.2) is 48.5 Å². The molecule has 3 amide bonds. The Morgan fingerprint density at radius 3 is 2.14 bits per heavy atom. The summed E-state index contributed by atoms with van der Waals surface area (Å²) in [6.45, 7) is 14.6. The first kappa shape index (κ1) is 35.8. The molecule has 0 spiro atoms. The number of hydrogen-bond donors (Lipinski definition) is 2. The van der Waals surface area contributed by atoms with Gasteiger partial charge in [0.25, 0.3) is 0 Å². The molecule has 7 nitrogen and oxygen atoms in total. The first-order valence-electron chi connectivity index (χ1n) is 16.2. The van der Waals surface area contributed by atoms with E-state index < -0.39 is 23.8 Å². The maximum absolute atomic E-state index is 14.6. The van der Waals surface area contributed by atoms with Gasteiger partial charge < -0.3 is 20.3 Å². The fraction of sp³-hybridized carbons (Fsp3) is 0.583. The Morgan fingerprint density at radius 1 is 0.837 bits per heavy atom. The van der Waals surface area contributed by atoms with Crippen LogP contribution < -0.4 is 10.6 Å². The van der Waals surface area contributed by atoms with Gasteiger partial charge in [0.2, 0.25) is 11.8 Å². The fourth-order valence-corrected chi connectivity index (χ4v) is 5.13. The number of rotatable bonds is 17. The van der Waals surface area contributed by atoms with Crippen LogP contribution in [0.2, 0.25) is 0 Å². The highest BCUT2D eigenvalue weighted by Gasteiger charge is 2.37. The van der Waals surface area contributed by atoms with Crippen molar-refractivity contribution >= 4 is 17.9 Å². The number of ether oxygens (including phenoxy) is 1. The Kier molecular flexibility index (Phi) is 15.3. The highest BCUT2D eigenvalue weighted by atomic mass is 16.6. The fourth-order valence-electron chi connectivity index (χ4n) is 5.13. The van der Waals surface area contributed by atoms with Crippen LogP contribution in [0.5, 0.6) is 0 Å². The van der Waals surface area contributed by atoms with Gasteiger partial charge in [-0.3, -0.25) is 9.59 Å². The van der Waals surface area contributed by atoms with Gasteiger partial charge in [-0.15, -0.1) is 0 Å². The van der Waals surface area contributed by atoms with E-state index in [1.807, 2.05) is 62.4 Å². The molecule has 0 bridgehead atoms. The topological polar surface area (TPSA) is 87.7 Å². The second-order valence-electron chi connectivity index (χ2n) is 12.5. The Labute approximate surface area is 260 Å². The van der Waals surface area contributed by atoms with Gasteiger partial charge in [0.05, 0.1) is 0 Å². The van der Waals surface area contributed by atoms with Crippen molar-refractivity contribution in [3.8, 4) is 0 Å². The summed E-state index contributed by atoms with van der Waals surface area (Å²) in [6, 6.07) is 13.8. The molecule has 2 N–H and O–H groups in total. The summed E-state index contributed by atoms with van der Waals surface area (Å²) in [4.78, 5) is 43.3. The number of nitrogens with zero attached hydrogens (tertiary/aromatic N) is 1. The third-order valence-corrected chi connectivity index (χ3v) is 7.64. The Balaban J connectivity index is 2.55. The third-order valence-electron chi connectivity index (χ3n) is 7.64. The zero-order chi connectivity index (χ0) is 31.8. The predicted octanol–water partition coefficient (Wildman–Crippen LogP) is 7.59. The number of carbonyl (C=O) groups is 3. The normalized spacial score (nSPS) is 12.7. The molecular formula is C36H55N3O4. The van der Waals surface area contributed by atoms with Gasteiger partial charge >= 0.3 is 6.09 Å². The molecule has 2 atom stereocenters. The van der Waals surface area contributed by atoms with Crippen molar-refractivity contribution in [1.82, 2.24) is 15.5 Å². The lowest BCUT2D eigenvalue weighted by molar-refractivity contribution is -0.142. The van der Waals surface area contributed by atoms with Crippen LogP contribution in [0.25, 0.3) is 0 Å². The maximum atomic E-state index is 14.6. The van der Waals surface area contributed by atoms with E-state index in [4.69, 9.17) is 4.74 Å². The van der Waals surface area contributed by atoms with Gasteiger partial charge in [-0.25, -0.2) is 4.79 Å². The van der Waals surface area contributed by atoms with Crippen LogP contribution in [0, 0.1) is 13.8 Å². The van der Waals surface area contributed by atoms with Gasteiger partial charge in [0.1, 0.15) is 17.7 Å². The Morgan fingerprint density at radius 2 is 1.49 bits per heavy atom. The monoisotopic (exact) mass is 593 g/mol. The number of hydrogen-bond acceptors (Lipinski definition) is 4. The molecule has 2 rings (SSSR count). The van der Waals surface area contributed by atoms with Crippen LogP contribution in [-0.2, 0) is 20.7 Å². The minimum atomic E-state index is -0.909. The van der Waals surface area contributed by atoms with Crippen molar-refractivity contribution in [2.24, 2.45) is 0 Å². The second-order valence-corrected chi connectivity index (χ2v) is 12.5. The predicted molar refractivity (Wildman–Crippen MR) is 175 cm³/mol. The molecule has 0 aromatic heterocycles. The summed E-state index contributed by atoms with van der Waals surface area (Å²) in [5.74, 6) is -0.489. The molecule has 2 aromatic carbocycles. The molecule has 0 saturated heterocycles. The summed E-state index contributed by atoms with van der Waals surface area (Å²) in [6.07, 6.45) is 7.74. The van der Waals surface area contributed by atoms with Crippen molar-refractivity contribution in [1.29, 1.82) is 0 Å². The third kappa shape index (κ3) is 12.4. The van der Waals surface area contributed by atoms with E-state index in [1.54, 1.807) is 25.7 Å². The van der Waals surface area contributed by atoms with Crippen molar-refractivity contribution < 1.29 is 19.1 Å². The smallest absolute Gasteiger partial charge is 0.408 e. The zero-order valence-electron chi connectivity index (χ0n) is 27.6. The van der Waals surface area contributed by atoms with Crippen molar-refractivity contribution in [2.45, 2.75) is 124 Å². The minimum absolute atomic E-state index is 0.197. The summed E-state index contributed by atoms with van der Waals surface area (Å²) < 4.78 is 5.56. The second kappa shape index (κ2) is 18.3. The van der Waals surface area contributed by atoms with E-state index in [-0.39, 0.29) is 18.2 Å². The molecule has 0 saturated carbocycles. The summed E-state index contributed by atoms with van der Waals surface area (Å²) in [5, 5.41) is 5.96. The van der Waals surface area contributed by atoms with E-state index in [9.17, 15) is 14.4 Å². The van der Waals surface area contributed by atoms with Gasteiger partial charge in [-0.1, -0.05) is 101 Å². The average Bonchev–Trinajstić information content (AvgIpc) is 2.95. The maximum Gasteiger partial charge on any atom is 0.408 e. The number of amides is 3. The molecule has 0 aliphatic carbocycles. The molecule has 238 valence electrons. The SMILES string of the molecule is CCCCCCCCN(C(=O)C(Cc1ccccc1)NC(=O)OC(C)(C)C)C(C(=O)NCCCC)c1cccc(C)c1C. The average molecular weight is 594 g/mol. The standard InChI is InChI=1S/C36H55N3O4/c1-8-10-12-13-14-18-25-39(32(33(40)37-24-11-9-2)30-23-19-20-27(3)28(30)4)34(41)31(26-29-21-16-15-17-22-29)38-35(42)43-36(5,6)7/h15-17,19-23,31-32H,8-14,18,24-26H2,1-7H3,(H,37,40)(H,38,42). The molecule has 0 aliphatic heterocycles. The van der Waals surface area contributed by atoms with E-state index in [2.05, 4.69) is 24.5 Å². The lowest BCUT2D eigenvalue weighted by Gasteiger charge is -2.35. The first-order chi connectivity index (χ1) is 20.5. The lowest BCUT2D eigenvalue weighted by atomic mass is 9.94. The van der Waals surface area contributed by atoms with E-state index in [0.717, 1.165) is 67.2 Å². The van der Waals surface area contributed by atoms with Crippen molar-refractivity contribution in [2.75, 3.05) is 13.1 Å². The molecular weight excluding hydrogens is 538 g/mol. The summed E-state index contributed by atoms with van der Waals surface area (Å²) >= 11 is 0. The van der Waals surface area contributed by atoms with Gasteiger partial charge in [0, 0.05) is 19.5 Å². The molecule has 0 heterocycles. The van der Waals surface area contributed by atoms with E-state index in [1.165, 1.54) is 6.42 Å². The molecule has 0 fully saturated rings. The molecule has 2 aromatic rings. The summed E-state index contributed by atoms with van der Waals surface area (Å²) in [7, 11) is 0. The van der Waals surface area contributed by atoms with Crippen molar-refractivity contribution in [3.63, 3.8) is 0 Å². The number of unbranched alkanes of at least 4 members (excludes halogenated alkanes) is 6. The Hall–Kier alpha value is -3.35. The highest BCUT2D eigenvalue weighted by molar-refractivity contribution is 5.92. The number of benzene rings is 2. The number of aryl methyl sites for hydroxylation is 1. The highest BCUT2D eigenvalue weighted by Crippen LogP contribution is 2.28. The minimum Gasteiger partial charge on any atom is -0.444 e. The lowest BCUT2D eigenvalue weighted by Crippen LogP contribution is -2.54. The van der Waals surface area contributed by atoms with Crippen LogP contribution in [-0.4, -0.2) is 47.5 Å². The first-order valence-corrected chi connectivity index (χ1v) is 16.2. The molecule has 2 unspecified atom stereocenters. The quantitative estimate of drug-likeness (QED) is 0.185. The van der Waals surface area contributed by atoms with Gasteiger partial charge in [-0.2, -0.15) is 0 Å². The van der Waals surface area contributed by atoms with Gasteiger partial charge in [0.15, 0.2) is 0 Å². The zero-order valence-corrected chi connectivity index (χ0v) is 27.6. The number of carbonyl (C=O) groups excluding carboxylic acids is 3. The summed E-state index contributed by atoms with van der Waals surface area (Å²) in [5.41, 5.74) is 3.04. The number of alkyl carbamates (subject to hydrolysis) is 1. The number of nitrogens with one attached hydrogen (secondary N) is 2. The van der Waals surface area contributed by atoms with Gasteiger partial charge in [-0.05, 0) is 69.7 Å². The molecule has 7 heteroatoms. The van der Waals surface area contributed by atoms with Crippen LogP contribution in [0.1, 0.15) is 114 Å². The largest absolute Gasteiger partial charge is 0.444 e. The van der Waals surface area contributed by atoms with E-state index in [0.29, 0.717) is 13.1 Å².